The number of hydrogen-bond acceptors (Lipinski definition) is 1. The van der Waals surface area contributed by atoms with E-state index in [0.29, 0.717) is 6.04 Å². The van der Waals surface area contributed by atoms with Crippen LogP contribution in [0.1, 0.15) is 51.4 Å². The Kier molecular flexibility index (Phi) is 1.68. The van der Waals surface area contributed by atoms with Gasteiger partial charge in [0.2, 0.25) is 0 Å². The zero-order valence-electron chi connectivity index (χ0n) is 9.62. The first-order valence-corrected chi connectivity index (χ1v) is 6.98. The molecule has 15 heavy (non-hydrogen) atoms. The summed E-state index contributed by atoms with van der Waals surface area (Å²) in [5.74, 6) is 4.27. The zero-order chi connectivity index (χ0) is 10.0. The molecule has 5 saturated carbocycles. The minimum atomic E-state index is 0.581. The van der Waals surface area contributed by atoms with Gasteiger partial charge in [0.1, 0.15) is 0 Å². The molecule has 2 atom stereocenters. The monoisotopic (exact) mass is 205 g/mol. The van der Waals surface area contributed by atoms with Crippen LogP contribution in [0, 0.1) is 29.1 Å². The van der Waals surface area contributed by atoms with E-state index in [2.05, 4.69) is 0 Å². The predicted octanol–water partition coefficient (Wildman–Crippen LogP) is 2.94. The average Bonchev–Trinajstić information content (AvgIpc) is 2.77. The second-order valence-corrected chi connectivity index (χ2v) is 7.28. The van der Waals surface area contributed by atoms with Gasteiger partial charge in [-0.05, 0) is 80.5 Å². The van der Waals surface area contributed by atoms with Gasteiger partial charge in [0.15, 0.2) is 0 Å². The van der Waals surface area contributed by atoms with Crippen molar-refractivity contribution < 1.29 is 0 Å². The Balaban J connectivity index is 1.55. The molecule has 1 heteroatoms. The predicted molar refractivity (Wildman–Crippen MR) is 61.3 cm³/mol. The fourth-order valence-corrected chi connectivity index (χ4v) is 5.60. The molecule has 0 aliphatic heterocycles. The number of hydrogen-bond donors (Lipinski definition) is 1. The van der Waals surface area contributed by atoms with Crippen LogP contribution in [0.3, 0.4) is 0 Å². The Bertz CT molecular complexity index is 248. The van der Waals surface area contributed by atoms with Crippen LogP contribution in [0.5, 0.6) is 0 Å². The molecule has 5 fully saturated rings. The molecule has 5 aliphatic carbocycles. The fraction of sp³-hybridized carbons (Fsp3) is 1.00. The van der Waals surface area contributed by atoms with Gasteiger partial charge >= 0.3 is 0 Å². The van der Waals surface area contributed by atoms with Crippen LogP contribution in [0.25, 0.3) is 0 Å². The molecule has 84 valence electrons. The maximum atomic E-state index is 6.00. The number of rotatable bonds is 2. The van der Waals surface area contributed by atoms with Crippen molar-refractivity contribution in [2.75, 3.05) is 0 Å². The molecular weight excluding hydrogens is 182 g/mol. The van der Waals surface area contributed by atoms with Gasteiger partial charge in [0.05, 0.1) is 0 Å². The van der Waals surface area contributed by atoms with E-state index < -0.39 is 0 Å². The Hall–Kier alpha value is -0.0400. The first-order valence-electron chi connectivity index (χ1n) is 6.98. The average molecular weight is 205 g/mol. The summed E-state index contributed by atoms with van der Waals surface area (Å²) >= 11 is 0. The summed E-state index contributed by atoms with van der Waals surface area (Å²) < 4.78 is 0. The second kappa shape index (κ2) is 2.80. The first kappa shape index (κ1) is 9.04. The topological polar surface area (TPSA) is 26.0 Å². The van der Waals surface area contributed by atoms with Crippen molar-refractivity contribution in [3.8, 4) is 0 Å². The molecule has 0 spiro atoms. The van der Waals surface area contributed by atoms with Gasteiger partial charge in [-0.1, -0.05) is 0 Å². The summed E-state index contributed by atoms with van der Waals surface area (Å²) in [5, 5.41) is 0. The van der Waals surface area contributed by atoms with Crippen LogP contribution in [-0.4, -0.2) is 6.04 Å². The van der Waals surface area contributed by atoms with Gasteiger partial charge in [-0.25, -0.2) is 0 Å². The minimum absolute atomic E-state index is 0.581. The van der Waals surface area contributed by atoms with Gasteiger partial charge in [-0.15, -0.1) is 0 Å². The highest BCUT2D eigenvalue weighted by Crippen LogP contribution is 2.63. The SMILES string of the molecule is N[C@@H]1C[C@H]1CC12CC3CC(CC(C3)C1)C2. The summed E-state index contributed by atoms with van der Waals surface area (Å²) in [7, 11) is 0. The zero-order valence-corrected chi connectivity index (χ0v) is 9.62. The highest BCUT2D eigenvalue weighted by atomic mass is 14.7. The molecule has 0 saturated heterocycles. The summed E-state index contributed by atoms with van der Waals surface area (Å²) in [5.41, 5.74) is 6.78. The van der Waals surface area contributed by atoms with Crippen molar-refractivity contribution in [2.24, 2.45) is 34.8 Å². The van der Waals surface area contributed by atoms with E-state index in [1.54, 1.807) is 38.5 Å². The molecule has 0 aromatic rings. The van der Waals surface area contributed by atoms with Gasteiger partial charge in [-0.2, -0.15) is 0 Å². The van der Waals surface area contributed by atoms with Crippen molar-refractivity contribution in [2.45, 2.75) is 57.4 Å². The Morgan fingerprint density at radius 1 is 0.867 bits per heavy atom. The van der Waals surface area contributed by atoms with E-state index in [1.165, 1.54) is 12.8 Å². The highest BCUT2D eigenvalue weighted by Gasteiger charge is 2.53. The molecular formula is C14H23N. The van der Waals surface area contributed by atoms with Crippen LogP contribution in [0.2, 0.25) is 0 Å². The lowest BCUT2D eigenvalue weighted by atomic mass is 9.48. The number of nitrogens with two attached hydrogens (primary N) is 1. The van der Waals surface area contributed by atoms with Gasteiger partial charge < -0.3 is 5.73 Å². The minimum Gasteiger partial charge on any atom is -0.327 e. The third-order valence-electron chi connectivity index (χ3n) is 5.84. The van der Waals surface area contributed by atoms with E-state index in [4.69, 9.17) is 5.73 Å². The fourth-order valence-electron chi connectivity index (χ4n) is 5.60. The molecule has 0 heterocycles. The van der Waals surface area contributed by atoms with Gasteiger partial charge in [-0.3, -0.25) is 0 Å². The second-order valence-electron chi connectivity index (χ2n) is 7.28. The lowest BCUT2D eigenvalue weighted by Gasteiger charge is -2.57. The van der Waals surface area contributed by atoms with Crippen LogP contribution in [0.15, 0.2) is 0 Å². The van der Waals surface area contributed by atoms with E-state index >= 15 is 0 Å². The molecule has 0 aromatic heterocycles. The van der Waals surface area contributed by atoms with Crippen molar-refractivity contribution in [1.82, 2.24) is 0 Å². The summed E-state index contributed by atoms with van der Waals surface area (Å²) in [6, 6.07) is 0.581. The lowest BCUT2D eigenvalue weighted by Crippen LogP contribution is -2.46. The molecule has 5 rings (SSSR count). The molecule has 0 aromatic carbocycles. The Morgan fingerprint density at radius 2 is 1.33 bits per heavy atom. The smallest absolute Gasteiger partial charge is 0.00711 e. The van der Waals surface area contributed by atoms with Crippen LogP contribution in [-0.2, 0) is 0 Å². The molecule has 1 nitrogen and oxygen atoms in total. The summed E-state index contributed by atoms with van der Waals surface area (Å²) in [6.07, 6.45) is 12.3. The largest absolute Gasteiger partial charge is 0.327 e. The maximum absolute atomic E-state index is 6.00. The Morgan fingerprint density at radius 3 is 1.73 bits per heavy atom. The molecule has 4 bridgehead atoms. The van der Waals surface area contributed by atoms with E-state index in [-0.39, 0.29) is 0 Å². The molecule has 0 unspecified atom stereocenters. The van der Waals surface area contributed by atoms with Crippen molar-refractivity contribution >= 4 is 0 Å². The van der Waals surface area contributed by atoms with Crippen molar-refractivity contribution in [1.29, 1.82) is 0 Å². The maximum Gasteiger partial charge on any atom is 0.00711 e. The van der Waals surface area contributed by atoms with Gasteiger partial charge in [0.25, 0.3) is 0 Å². The molecule has 0 radical (unpaired) electrons. The van der Waals surface area contributed by atoms with Crippen molar-refractivity contribution in [3.63, 3.8) is 0 Å². The van der Waals surface area contributed by atoms with Crippen LogP contribution >= 0.6 is 0 Å². The van der Waals surface area contributed by atoms with E-state index in [0.717, 1.165) is 29.1 Å². The van der Waals surface area contributed by atoms with Crippen molar-refractivity contribution in [3.05, 3.63) is 0 Å². The third kappa shape index (κ3) is 1.39. The van der Waals surface area contributed by atoms with Crippen LogP contribution in [0.4, 0.5) is 0 Å². The van der Waals surface area contributed by atoms with Crippen LogP contribution < -0.4 is 5.73 Å². The summed E-state index contributed by atoms with van der Waals surface area (Å²) in [6.45, 7) is 0. The quantitative estimate of drug-likeness (QED) is 0.737. The highest BCUT2D eigenvalue weighted by molar-refractivity contribution is 5.05. The normalized spacial score (nSPS) is 61.0. The first-order chi connectivity index (χ1) is 7.22. The van der Waals surface area contributed by atoms with Gasteiger partial charge in [0, 0.05) is 6.04 Å². The van der Waals surface area contributed by atoms with E-state index in [9.17, 15) is 0 Å². The Labute approximate surface area is 92.8 Å². The molecule has 2 N–H and O–H groups in total. The molecule has 0 amide bonds. The summed E-state index contributed by atoms with van der Waals surface area (Å²) in [4.78, 5) is 0. The standard InChI is InChI=1S/C14H23N/c15-13-4-12(13)8-14-5-9-1-10(6-14)3-11(2-9)7-14/h9-13H,1-8,15H2/t9?,10?,11?,12-,13+,14?/m0/s1. The third-order valence-corrected chi connectivity index (χ3v) is 5.84. The van der Waals surface area contributed by atoms with E-state index in [1.807, 2.05) is 0 Å². The lowest BCUT2D eigenvalue weighted by molar-refractivity contribution is -0.0602. The molecule has 5 aliphatic rings.